The second kappa shape index (κ2) is 7.11. The van der Waals surface area contributed by atoms with Crippen molar-refractivity contribution < 1.29 is 0 Å². The first-order chi connectivity index (χ1) is 9.58. The van der Waals surface area contributed by atoms with Crippen LogP contribution in [0, 0.1) is 6.92 Å². The average molecular weight is 372 g/mol. The highest BCUT2D eigenvalue weighted by Crippen LogP contribution is 2.23. The topological polar surface area (TPSA) is 24.4 Å². The summed E-state index contributed by atoms with van der Waals surface area (Å²) in [5.74, 6) is 0. The molecule has 0 spiro atoms. The molecule has 0 heterocycles. The minimum atomic E-state index is 0.488. The molecule has 0 radical (unpaired) electrons. The fraction of sp³-hybridized carbons (Fsp3) is 0.133. The van der Waals surface area contributed by atoms with Crippen LogP contribution in [0.15, 0.2) is 46.0 Å². The van der Waals surface area contributed by atoms with Gasteiger partial charge in [0.25, 0.3) is 0 Å². The van der Waals surface area contributed by atoms with Crippen molar-refractivity contribution in [1.82, 2.24) is 5.43 Å². The molecule has 0 bridgehead atoms. The Bertz CT molecular complexity index is 622. The molecule has 1 N–H and O–H groups in total. The van der Waals surface area contributed by atoms with E-state index in [1.165, 1.54) is 5.56 Å². The lowest BCUT2D eigenvalue weighted by Crippen LogP contribution is -2.06. The van der Waals surface area contributed by atoms with Gasteiger partial charge >= 0.3 is 0 Å². The van der Waals surface area contributed by atoms with E-state index in [0.29, 0.717) is 16.6 Å². The Balaban J connectivity index is 1.99. The first kappa shape index (κ1) is 15.4. The first-order valence-corrected chi connectivity index (χ1v) is 7.58. The smallest absolute Gasteiger partial charge is 0.0609 e. The molecule has 0 saturated heterocycles. The van der Waals surface area contributed by atoms with Crippen molar-refractivity contribution in [2.75, 3.05) is 0 Å². The van der Waals surface area contributed by atoms with Gasteiger partial charge in [0.1, 0.15) is 0 Å². The third kappa shape index (κ3) is 3.98. The predicted octanol–water partition coefficient (Wildman–Crippen LogP) is 5.19. The number of rotatable bonds is 4. The van der Waals surface area contributed by atoms with Crippen LogP contribution in [0.4, 0.5) is 0 Å². The Hall–Kier alpha value is -1.03. The molecule has 2 aromatic carbocycles. The van der Waals surface area contributed by atoms with Gasteiger partial charge in [-0.05, 0) is 36.2 Å². The van der Waals surface area contributed by atoms with Gasteiger partial charge < -0.3 is 5.43 Å². The van der Waals surface area contributed by atoms with Gasteiger partial charge in [0.15, 0.2) is 0 Å². The van der Waals surface area contributed by atoms with Crippen LogP contribution in [-0.4, -0.2) is 6.21 Å². The zero-order valence-corrected chi connectivity index (χ0v) is 13.9. The van der Waals surface area contributed by atoms with Crippen molar-refractivity contribution in [3.63, 3.8) is 0 Å². The zero-order chi connectivity index (χ0) is 14.5. The predicted molar refractivity (Wildman–Crippen MR) is 89.8 cm³/mol. The molecule has 0 fully saturated rings. The van der Waals surface area contributed by atoms with Crippen LogP contribution in [0.3, 0.4) is 0 Å². The SMILES string of the molecule is Cc1ccc(/C=N/NCc2c(Cl)cccc2Cl)cc1Br. The summed E-state index contributed by atoms with van der Waals surface area (Å²) in [6, 6.07) is 11.5. The molecule has 0 aliphatic rings. The summed E-state index contributed by atoms with van der Waals surface area (Å²) >= 11 is 15.7. The van der Waals surface area contributed by atoms with Crippen LogP contribution in [0.1, 0.15) is 16.7 Å². The van der Waals surface area contributed by atoms with Crippen molar-refractivity contribution in [3.8, 4) is 0 Å². The molecular weight excluding hydrogens is 359 g/mol. The number of hydrazone groups is 1. The highest BCUT2D eigenvalue weighted by Gasteiger charge is 2.03. The fourth-order valence-electron chi connectivity index (χ4n) is 1.64. The van der Waals surface area contributed by atoms with Gasteiger partial charge in [-0.25, -0.2) is 0 Å². The molecule has 0 aliphatic carbocycles. The van der Waals surface area contributed by atoms with Crippen LogP contribution in [0.2, 0.25) is 10.0 Å². The minimum absolute atomic E-state index is 0.488. The van der Waals surface area contributed by atoms with Crippen LogP contribution in [0.25, 0.3) is 0 Å². The van der Waals surface area contributed by atoms with E-state index in [2.05, 4.69) is 26.5 Å². The number of hydrogen-bond donors (Lipinski definition) is 1. The van der Waals surface area contributed by atoms with Crippen molar-refractivity contribution >= 4 is 45.3 Å². The third-order valence-corrected chi connectivity index (χ3v) is 4.38. The van der Waals surface area contributed by atoms with E-state index < -0.39 is 0 Å². The summed E-state index contributed by atoms with van der Waals surface area (Å²) in [7, 11) is 0. The lowest BCUT2D eigenvalue weighted by Gasteiger charge is -2.06. The van der Waals surface area contributed by atoms with Crippen molar-refractivity contribution in [1.29, 1.82) is 0 Å². The summed E-state index contributed by atoms with van der Waals surface area (Å²) in [6.07, 6.45) is 1.76. The summed E-state index contributed by atoms with van der Waals surface area (Å²) in [4.78, 5) is 0. The Morgan fingerprint density at radius 3 is 2.55 bits per heavy atom. The molecule has 0 amide bonds. The standard InChI is InChI=1S/C15H13BrCl2N2/c1-10-5-6-11(7-13(10)16)8-19-20-9-12-14(17)3-2-4-15(12)18/h2-8,20H,9H2,1H3/b19-8+. The van der Waals surface area contributed by atoms with E-state index >= 15 is 0 Å². The van der Waals surface area contributed by atoms with E-state index in [0.717, 1.165) is 15.6 Å². The van der Waals surface area contributed by atoms with Gasteiger partial charge in [0, 0.05) is 20.1 Å². The highest BCUT2D eigenvalue weighted by atomic mass is 79.9. The van der Waals surface area contributed by atoms with E-state index in [-0.39, 0.29) is 0 Å². The Morgan fingerprint density at radius 1 is 1.20 bits per heavy atom. The number of hydrogen-bond acceptors (Lipinski definition) is 2. The molecule has 0 aromatic heterocycles. The molecule has 0 atom stereocenters. The van der Waals surface area contributed by atoms with Gasteiger partial charge in [-0.3, -0.25) is 0 Å². The number of nitrogens with zero attached hydrogens (tertiary/aromatic N) is 1. The van der Waals surface area contributed by atoms with Crippen molar-refractivity contribution in [3.05, 3.63) is 67.6 Å². The third-order valence-electron chi connectivity index (χ3n) is 2.82. The summed E-state index contributed by atoms with van der Waals surface area (Å²) in [5, 5.41) is 5.45. The molecule has 0 unspecified atom stereocenters. The maximum absolute atomic E-state index is 6.08. The molecule has 0 aliphatic heterocycles. The Labute approximate surface area is 136 Å². The first-order valence-electron chi connectivity index (χ1n) is 6.03. The number of nitrogens with one attached hydrogen (secondary N) is 1. The minimum Gasteiger partial charge on any atom is -0.306 e. The van der Waals surface area contributed by atoms with E-state index in [1.54, 1.807) is 6.21 Å². The van der Waals surface area contributed by atoms with E-state index in [1.807, 2.05) is 43.3 Å². The molecule has 5 heteroatoms. The molecule has 2 rings (SSSR count). The maximum atomic E-state index is 6.08. The van der Waals surface area contributed by atoms with Crippen molar-refractivity contribution in [2.24, 2.45) is 5.10 Å². The van der Waals surface area contributed by atoms with Crippen LogP contribution >= 0.6 is 39.1 Å². The maximum Gasteiger partial charge on any atom is 0.0609 e. The second-order valence-corrected chi connectivity index (χ2v) is 5.97. The monoisotopic (exact) mass is 370 g/mol. The molecule has 104 valence electrons. The molecule has 2 aromatic rings. The molecule has 20 heavy (non-hydrogen) atoms. The van der Waals surface area contributed by atoms with Crippen molar-refractivity contribution in [2.45, 2.75) is 13.5 Å². The number of halogens is 3. The van der Waals surface area contributed by atoms with Gasteiger partial charge in [0.2, 0.25) is 0 Å². The van der Waals surface area contributed by atoms with Gasteiger partial charge in [-0.15, -0.1) is 0 Å². The highest BCUT2D eigenvalue weighted by molar-refractivity contribution is 9.10. The van der Waals surface area contributed by atoms with E-state index in [4.69, 9.17) is 23.2 Å². The summed E-state index contributed by atoms with van der Waals surface area (Å²) in [6.45, 7) is 2.53. The Morgan fingerprint density at radius 2 is 1.90 bits per heavy atom. The normalized spacial score (nSPS) is 11.0. The lowest BCUT2D eigenvalue weighted by atomic mass is 10.2. The molecular formula is C15H13BrCl2N2. The molecule has 2 nitrogen and oxygen atoms in total. The summed E-state index contributed by atoms with van der Waals surface area (Å²) in [5.41, 5.74) is 6.00. The lowest BCUT2D eigenvalue weighted by molar-refractivity contribution is 0.748. The summed E-state index contributed by atoms with van der Waals surface area (Å²) < 4.78 is 1.07. The van der Waals surface area contributed by atoms with Gasteiger partial charge in [-0.1, -0.05) is 57.3 Å². The zero-order valence-electron chi connectivity index (χ0n) is 10.8. The largest absolute Gasteiger partial charge is 0.306 e. The number of aryl methyl sites for hydroxylation is 1. The van der Waals surface area contributed by atoms with Gasteiger partial charge in [0.05, 0.1) is 12.8 Å². The van der Waals surface area contributed by atoms with Gasteiger partial charge in [-0.2, -0.15) is 5.10 Å². The van der Waals surface area contributed by atoms with Crippen LogP contribution < -0.4 is 5.43 Å². The van der Waals surface area contributed by atoms with Crippen LogP contribution in [0.5, 0.6) is 0 Å². The quantitative estimate of drug-likeness (QED) is 0.580. The average Bonchev–Trinajstić information content (AvgIpc) is 2.41. The molecule has 0 saturated carbocycles. The Kier molecular flexibility index (Phi) is 5.46. The van der Waals surface area contributed by atoms with E-state index in [9.17, 15) is 0 Å². The van der Waals surface area contributed by atoms with Crippen LogP contribution in [-0.2, 0) is 6.54 Å². The second-order valence-electron chi connectivity index (χ2n) is 4.30. The fourth-order valence-corrected chi connectivity index (χ4v) is 2.56. The number of benzene rings is 2.